The monoisotopic (exact) mass is 278 g/mol. The Hall–Kier alpha value is -1.26. The van der Waals surface area contributed by atoms with Crippen molar-refractivity contribution in [3.8, 4) is 11.5 Å². The van der Waals surface area contributed by atoms with E-state index in [1.807, 2.05) is 6.07 Å². The molecule has 0 saturated carbocycles. The average molecular weight is 278 g/mol. The van der Waals surface area contributed by atoms with Crippen LogP contribution in [0.3, 0.4) is 0 Å². The van der Waals surface area contributed by atoms with Crippen LogP contribution in [0.15, 0.2) is 18.2 Å². The number of ether oxygens (including phenoxy) is 2. The Balaban J connectivity index is 1.90. The highest BCUT2D eigenvalue weighted by Gasteiger charge is 2.10. The Bertz CT molecular complexity index is 403. The standard InChI is InChI=1S/C16H26N2O2/c1-3-12-20-15-5-4-14(13-16(15)19-2)6-9-18-10-7-17-8-11-18/h4-5,13,17H,3,6-12H2,1-2H3. The van der Waals surface area contributed by atoms with E-state index in [1.165, 1.54) is 5.56 Å². The first-order valence-electron chi connectivity index (χ1n) is 7.56. The Labute approximate surface area is 122 Å². The predicted octanol–water partition coefficient (Wildman–Crippen LogP) is 1.93. The normalized spacial score (nSPS) is 16.1. The third-order valence-corrected chi connectivity index (χ3v) is 3.62. The largest absolute Gasteiger partial charge is 0.493 e. The van der Waals surface area contributed by atoms with Crippen molar-refractivity contribution in [3.05, 3.63) is 23.8 Å². The lowest BCUT2D eigenvalue weighted by Crippen LogP contribution is -2.44. The molecule has 4 heteroatoms. The molecule has 1 aliphatic heterocycles. The smallest absolute Gasteiger partial charge is 0.161 e. The minimum Gasteiger partial charge on any atom is -0.493 e. The molecule has 0 aliphatic carbocycles. The molecule has 1 heterocycles. The summed E-state index contributed by atoms with van der Waals surface area (Å²) in [5.74, 6) is 1.69. The highest BCUT2D eigenvalue weighted by Crippen LogP contribution is 2.28. The summed E-state index contributed by atoms with van der Waals surface area (Å²) >= 11 is 0. The van der Waals surface area contributed by atoms with Gasteiger partial charge in [-0.3, -0.25) is 0 Å². The molecule has 20 heavy (non-hydrogen) atoms. The Morgan fingerprint density at radius 3 is 2.70 bits per heavy atom. The second kappa shape index (κ2) is 8.12. The number of rotatable bonds is 7. The number of piperazine rings is 1. The van der Waals surface area contributed by atoms with Crippen LogP contribution in [0, 0.1) is 0 Å². The maximum atomic E-state index is 5.68. The first-order chi connectivity index (χ1) is 9.83. The maximum absolute atomic E-state index is 5.68. The van der Waals surface area contributed by atoms with E-state index in [0.717, 1.165) is 63.7 Å². The molecular weight excluding hydrogens is 252 g/mol. The zero-order chi connectivity index (χ0) is 14.2. The molecular formula is C16H26N2O2. The summed E-state index contributed by atoms with van der Waals surface area (Å²) in [6.07, 6.45) is 2.07. The third kappa shape index (κ3) is 4.39. The Kier molecular flexibility index (Phi) is 6.15. The van der Waals surface area contributed by atoms with E-state index in [1.54, 1.807) is 7.11 Å². The van der Waals surface area contributed by atoms with Gasteiger partial charge in [0.15, 0.2) is 11.5 Å². The summed E-state index contributed by atoms with van der Waals surface area (Å²) in [6, 6.07) is 6.28. The second-order valence-electron chi connectivity index (χ2n) is 5.18. The fourth-order valence-corrected chi connectivity index (χ4v) is 2.42. The lowest BCUT2D eigenvalue weighted by Gasteiger charge is -2.27. The lowest BCUT2D eigenvalue weighted by atomic mass is 10.1. The SMILES string of the molecule is CCCOc1ccc(CCN2CCNCC2)cc1OC. The van der Waals surface area contributed by atoms with E-state index < -0.39 is 0 Å². The second-order valence-corrected chi connectivity index (χ2v) is 5.18. The molecule has 2 rings (SSSR count). The van der Waals surface area contributed by atoms with E-state index in [2.05, 4.69) is 29.3 Å². The average Bonchev–Trinajstić information content (AvgIpc) is 2.52. The molecule has 0 unspecified atom stereocenters. The van der Waals surface area contributed by atoms with Crippen LogP contribution in [0.4, 0.5) is 0 Å². The van der Waals surface area contributed by atoms with Gasteiger partial charge in [0.1, 0.15) is 0 Å². The van der Waals surface area contributed by atoms with Crippen molar-refractivity contribution in [2.75, 3.05) is 46.4 Å². The van der Waals surface area contributed by atoms with Gasteiger partial charge in [0.05, 0.1) is 13.7 Å². The number of hydrogen-bond donors (Lipinski definition) is 1. The number of methoxy groups -OCH3 is 1. The summed E-state index contributed by atoms with van der Waals surface area (Å²) in [6.45, 7) is 8.45. The highest BCUT2D eigenvalue weighted by atomic mass is 16.5. The van der Waals surface area contributed by atoms with E-state index in [9.17, 15) is 0 Å². The highest BCUT2D eigenvalue weighted by molar-refractivity contribution is 5.43. The van der Waals surface area contributed by atoms with E-state index in [4.69, 9.17) is 9.47 Å². The van der Waals surface area contributed by atoms with Gasteiger partial charge in [-0.05, 0) is 30.5 Å². The molecule has 112 valence electrons. The first-order valence-corrected chi connectivity index (χ1v) is 7.56. The molecule has 1 fully saturated rings. The molecule has 0 spiro atoms. The van der Waals surface area contributed by atoms with Gasteiger partial charge in [0, 0.05) is 32.7 Å². The van der Waals surface area contributed by atoms with Gasteiger partial charge in [-0.15, -0.1) is 0 Å². The fourth-order valence-electron chi connectivity index (χ4n) is 2.42. The minimum atomic E-state index is 0.733. The Morgan fingerprint density at radius 2 is 2.00 bits per heavy atom. The van der Waals surface area contributed by atoms with Crippen LogP contribution in [-0.4, -0.2) is 51.3 Å². The third-order valence-electron chi connectivity index (χ3n) is 3.62. The molecule has 0 radical (unpaired) electrons. The summed E-state index contributed by atoms with van der Waals surface area (Å²) in [5, 5.41) is 3.38. The zero-order valence-corrected chi connectivity index (χ0v) is 12.7. The van der Waals surface area contributed by atoms with Gasteiger partial charge in [-0.2, -0.15) is 0 Å². The van der Waals surface area contributed by atoms with Crippen molar-refractivity contribution in [2.24, 2.45) is 0 Å². The molecule has 1 aromatic rings. The van der Waals surface area contributed by atoms with Crippen molar-refractivity contribution in [1.82, 2.24) is 10.2 Å². The number of nitrogens with one attached hydrogen (secondary N) is 1. The van der Waals surface area contributed by atoms with Crippen molar-refractivity contribution < 1.29 is 9.47 Å². The molecule has 0 atom stereocenters. The fraction of sp³-hybridized carbons (Fsp3) is 0.625. The van der Waals surface area contributed by atoms with Crippen LogP contribution in [0.1, 0.15) is 18.9 Å². The van der Waals surface area contributed by atoms with Gasteiger partial charge in [0.25, 0.3) is 0 Å². The maximum Gasteiger partial charge on any atom is 0.161 e. The molecule has 0 bridgehead atoms. The summed E-state index contributed by atoms with van der Waals surface area (Å²) in [7, 11) is 1.70. The molecule has 4 nitrogen and oxygen atoms in total. The van der Waals surface area contributed by atoms with Gasteiger partial charge in [-0.1, -0.05) is 13.0 Å². The molecule has 1 aromatic carbocycles. The first kappa shape index (κ1) is 15.1. The number of nitrogens with zero attached hydrogens (tertiary/aromatic N) is 1. The summed E-state index contributed by atoms with van der Waals surface area (Å²) < 4.78 is 11.1. The van der Waals surface area contributed by atoms with Crippen LogP contribution in [0.25, 0.3) is 0 Å². The molecule has 1 saturated heterocycles. The number of benzene rings is 1. The van der Waals surface area contributed by atoms with Crippen molar-refractivity contribution in [3.63, 3.8) is 0 Å². The number of hydrogen-bond acceptors (Lipinski definition) is 4. The summed E-state index contributed by atoms with van der Waals surface area (Å²) in [5.41, 5.74) is 1.31. The topological polar surface area (TPSA) is 33.7 Å². The summed E-state index contributed by atoms with van der Waals surface area (Å²) in [4.78, 5) is 2.50. The molecule has 1 aliphatic rings. The van der Waals surface area contributed by atoms with Gasteiger partial charge in [0.2, 0.25) is 0 Å². The Morgan fingerprint density at radius 1 is 1.20 bits per heavy atom. The predicted molar refractivity (Wildman–Crippen MR) is 81.8 cm³/mol. The molecule has 0 aromatic heterocycles. The van der Waals surface area contributed by atoms with Crippen LogP contribution in [0.5, 0.6) is 11.5 Å². The van der Waals surface area contributed by atoms with Crippen LogP contribution < -0.4 is 14.8 Å². The lowest BCUT2D eigenvalue weighted by molar-refractivity contribution is 0.243. The van der Waals surface area contributed by atoms with Gasteiger partial charge < -0.3 is 19.7 Å². The minimum absolute atomic E-state index is 0.733. The van der Waals surface area contributed by atoms with E-state index in [-0.39, 0.29) is 0 Å². The quantitative estimate of drug-likeness (QED) is 0.826. The van der Waals surface area contributed by atoms with Crippen molar-refractivity contribution >= 4 is 0 Å². The van der Waals surface area contributed by atoms with Crippen LogP contribution in [0.2, 0.25) is 0 Å². The van der Waals surface area contributed by atoms with Gasteiger partial charge >= 0.3 is 0 Å². The van der Waals surface area contributed by atoms with Gasteiger partial charge in [-0.25, -0.2) is 0 Å². The van der Waals surface area contributed by atoms with Crippen LogP contribution >= 0.6 is 0 Å². The zero-order valence-electron chi connectivity index (χ0n) is 12.7. The van der Waals surface area contributed by atoms with Crippen molar-refractivity contribution in [1.29, 1.82) is 0 Å². The van der Waals surface area contributed by atoms with Crippen molar-refractivity contribution in [2.45, 2.75) is 19.8 Å². The van der Waals surface area contributed by atoms with Crippen LogP contribution in [-0.2, 0) is 6.42 Å². The van der Waals surface area contributed by atoms with E-state index in [0.29, 0.717) is 0 Å². The molecule has 0 amide bonds. The molecule has 1 N–H and O–H groups in total. The van der Waals surface area contributed by atoms with E-state index >= 15 is 0 Å².